The third-order valence-corrected chi connectivity index (χ3v) is 7.84. The average molecular weight is 615 g/mol. The highest BCUT2D eigenvalue weighted by Crippen LogP contribution is 2.14. The van der Waals surface area contributed by atoms with Crippen LogP contribution in [0.15, 0.2) is 0 Å². The van der Waals surface area contributed by atoms with Gasteiger partial charge in [-0.3, -0.25) is 9.59 Å². The van der Waals surface area contributed by atoms with Crippen molar-refractivity contribution in [2.75, 3.05) is 19.8 Å². The third kappa shape index (κ3) is 47.7. The summed E-state index contributed by atoms with van der Waals surface area (Å²) in [6.07, 6.45) is 35.1. The summed E-state index contributed by atoms with van der Waals surface area (Å²) in [4.78, 5) is 30.7. The van der Waals surface area contributed by atoms with E-state index in [1.165, 1.54) is 135 Å². The van der Waals surface area contributed by atoms with Crippen LogP contribution in [0.5, 0.6) is 0 Å². The second kappa shape index (κ2) is 40.5. The molecule has 0 saturated carbocycles. The van der Waals surface area contributed by atoms with Gasteiger partial charge in [-0.1, -0.05) is 135 Å². The molecular formula is C36H70O7. The number of aldehydes is 1. The summed E-state index contributed by atoms with van der Waals surface area (Å²) in [5, 5.41) is 25.6. The van der Waals surface area contributed by atoms with Gasteiger partial charge in [0, 0.05) is 39.1 Å². The molecule has 3 N–H and O–H groups in total. The molecule has 0 aromatic carbocycles. The Kier molecular flexibility index (Phi) is 41.1. The van der Waals surface area contributed by atoms with E-state index in [1.807, 2.05) is 0 Å². The minimum absolute atomic E-state index is 0.324. The van der Waals surface area contributed by atoms with E-state index < -0.39 is 11.9 Å². The van der Waals surface area contributed by atoms with Gasteiger partial charge in [-0.2, -0.15) is 0 Å². The maximum atomic E-state index is 10.3. The molecule has 0 unspecified atom stereocenters. The molecule has 0 amide bonds. The Bertz CT molecular complexity index is 556. The summed E-state index contributed by atoms with van der Waals surface area (Å²) < 4.78 is 4.94. The normalized spacial score (nSPS) is 12.2. The molecule has 7 nitrogen and oxygen atoms in total. The van der Waals surface area contributed by atoms with Crippen molar-refractivity contribution >= 4 is 18.2 Å². The van der Waals surface area contributed by atoms with Crippen molar-refractivity contribution in [3.05, 3.63) is 0 Å². The number of unbranched alkanes of at least 4 members (excludes halogenated alkanes) is 24. The first kappa shape index (κ1) is 43.7. The Balaban J connectivity index is 0. The third-order valence-electron chi connectivity index (χ3n) is 7.84. The molecule has 43 heavy (non-hydrogen) atoms. The number of carboxylic acid groups (broad SMARTS) is 2. The van der Waals surface area contributed by atoms with Gasteiger partial charge in [-0.25, -0.2) is 0 Å². The average Bonchev–Trinajstić information content (AvgIpc) is 3.58. The fourth-order valence-corrected chi connectivity index (χ4v) is 5.11. The monoisotopic (exact) mass is 615 g/mol. The quantitative estimate of drug-likeness (QED) is 0.0543. The maximum absolute atomic E-state index is 10.3. The van der Waals surface area contributed by atoms with Crippen LogP contribution in [0.3, 0.4) is 0 Å². The summed E-state index contributed by atoms with van der Waals surface area (Å²) in [5.41, 5.74) is 0. The topological polar surface area (TPSA) is 121 Å². The molecule has 0 aromatic heterocycles. The van der Waals surface area contributed by atoms with Crippen LogP contribution in [0.1, 0.15) is 193 Å². The second-order valence-electron chi connectivity index (χ2n) is 12.1. The molecule has 0 radical (unpaired) electrons. The summed E-state index contributed by atoms with van der Waals surface area (Å²) in [6.45, 7) is 2.34. The van der Waals surface area contributed by atoms with Gasteiger partial charge < -0.3 is 24.9 Å². The first-order valence-corrected chi connectivity index (χ1v) is 18.1. The molecule has 256 valence electrons. The molecule has 0 aliphatic carbocycles. The van der Waals surface area contributed by atoms with E-state index in [1.54, 1.807) is 0 Å². The lowest BCUT2D eigenvalue weighted by molar-refractivity contribution is -0.138. The Morgan fingerprint density at radius 1 is 0.465 bits per heavy atom. The number of aliphatic hydroxyl groups is 1. The number of carbonyl (C=O) groups excluding carboxylic acids is 1. The number of carboxylic acids is 2. The van der Waals surface area contributed by atoms with E-state index in [0.717, 1.165) is 64.4 Å². The van der Waals surface area contributed by atoms with Gasteiger partial charge >= 0.3 is 11.9 Å². The molecule has 0 atom stereocenters. The number of carbonyl (C=O) groups is 3. The van der Waals surface area contributed by atoms with Gasteiger partial charge in [0.25, 0.3) is 0 Å². The minimum atomic E-state index is -0.673. The fourth-order valence-electron chi connectivity index (χ4n) is 5.11. The standard InChI is InChI=1S/C16H32O3.C16H30O3.C4H8O/c2*17-15-13-11-9-7-5-3-1-2-4-6-8-10-12-14-16(18)19;1-2-4-5-3-1/h17H,1-15H2,(H,18,19);15H,1-14H2,(H,18,19);1-4H2. The maximum Gasteiger partial charge on any atom is 0.303 e. The first-order chi connectivity index (χ1) is 21.0. The highest BCUT2D eigenvalue weighted by Gasteiger charge is 1.98. The van der Waals surface area contributed by atoms with E-state index in [9.17, 15) is 14.4 Å². The Hall–Kier alpha value is -1.47. The predicted octanol–water partition coefficient (Wildman–Crippen LogP) is 10.1. The van der Waals surface area contributed by atoms with Gasteiger partial charge in [0.05, 0.1) is 0 Å². The van der Waals surface area contributed by atoms with E-state index in [2.05, 4.69) is 0 Å². The van der Waals surface area contributed by atoms with Crippen LogP contribution in [0.2, 0.25) is 0 Å². The predicted molar refractivity (Wildman–Crippen MR) is 178 cm³/mol. The zero-order valence-corrected chi connectivity index (χ0v) is 27.9. The van der Waals surface area contributed by atoms with Crippen molar-refractivity contribution in [2.45, 2.75) is 193 Å². The van der Waals surface area contributed by atoms with Crippen molar-refractivity contribution in [2.24, 2.45) is 0 Å². The molecule has 7 heteroatoms. The van der Waals surface area contributed by atoms with Gasteiger partial charge in [0.2, 0.25) is 0 Å². The van der Waals surface area contributed by atoms with Gasteiger partial charge in [-0.05, 0) is 38.5 Å². The molecular weight excluding hydrogens is 544 g/mol. The number of ether oxygens (including phenoxy) is 1. The smallest absolute Gasteiger partial charge is 0.303 e. The van der Waals surface area contributed by atoms with Crippen molar-refractivity contribution in [3.8, 4) is 0 Å². The highest BCUT2D eigenvalue weighted by atomic mass is 16.5. The SMILES string of the molecule is C1CCOC1.O=C(O)CCCCCCCCCCCCCCCO.O=CCCCCCCCCCCCCCCC(=O)O. The largest absolute Gasteiger partial charge is 0.481 e. The highest BCUT2D eigenvalue weighted by molar-refractivity contribution is 5.66. The number of rotatable bonds is 30. The van der Waals surface area contributed by atoms with Crippen molar-refractivity contribution < 1.29 is 34.4 Å². The van der Waals surface area contributed by atoms with E-state index >= 15 is 0 Å². The van der Waals surface area contributed by atoms with Crippen LogP contribution in [0.25, 0.3) is 0 Å². The molecule has 0 aromatic rings. The van der Waals surface area contributed by atoms with E-state index in [4.69, 9.17) is 20.1 Å². The first-order valence-electron chi connectivity index (χ1n) is 18.1. The number of hydrogen-bond donors (Lipinski definition) is 3. The van der Waals surface area contributed by atoms with Crippen molar-refractivity contribution in [3.63, 3.8) is 0 Å². The van der Waals surface area contributed by atoms with Crippen LogP contribution in [0.4, 0.5) is 0 Å². The van der Waals surface area contributed by atoms with Crippen LogP contribution >= 0.6 is 0 Å². The minimum Gasteiger partial charge on any atom is -0.481 e. The van der Waals surface area contributed by atoms with E-state index in [0.29, 0.717) is 19.4 Å². The summed E-state index contributed by atoms with van der Waals surface area (Å²) >= 11 is 0. The van der Waals surface area contributed by atoms with Gasteiger partial charge in [0.15, 0.2) is 0 Å². The zero-order valence-electron chi connectivity index (χ0n) is 27.9. The number of aliphatic carboxylic acids is 2. The summed E-state index contributed by atoms with van der Waals surface area (Å²) in [6, 6.07) is 0. The number of hydrogen-bond acceptors (Lipinski definition) is 5. The zero-order chi connectivity index (χ0) is 31.9. The molecule has 1 saturated heterocycles. The van der Waals surface area contributed by atoms with Crippen LogP contribution < -0.4 is 0 Å². The van der Waals surface area contributed by atoms with Gasteiger partial charge in [0.1, 0.15) is 6.29 Å². The molecule has 1 rings (SSSR count). The number of aliphatic hydroxyl groups excluding tert-OH is 1. The lowest BCUT2D eigenvalue weighted by Gasteiger charge is -2.02. The Morgan fingerprint density at radius 3 is 0.977 bits per heavy atom. The second-order valence-corrected chi connectivity index (χ2v) is 12.1. The molecule has 0 bridgehead atoms. The van der Waals surface area contributed by atoms with Crippen molar-refractivity contribution in [1.29, 1.82) is 0 Å². The lowest BCUT2D eigenvalue weighted by Crippen LogP contribution is -1.93. The van der Waals surface area contributed by atoms with Crippen LogP contribution in [0, 0.1) is 0 Å². The fraction of sp³-hybridized carbons (Fsp3) is 0.917. The molecule has 1 aliphatic rings. The lowest BCUT2D eigenvalue weighted by atomic mass is 10.0. The molecule has 1 heterocycles. The molecule has 0 spiro atoms. The summed E-state index contributed by atoms with van der Waals surface area (Å²) in [5.74, 6) is -1.34. The molecule has 1 fully saturated rings. The van der Waals surface area contributed by atoms with Crippen LogP contribution in [-0.2, 0) is 19.1 Å². The van der Waals surface area contributed by atoms with Gasteiger partial charge in [-0.15, -0.1) is 0 Å². The molecule has 1 aliphatic heterocycles. The summed E-state index contributed by atoms with van der Waals surface area (Å²) in [7, 11) is 0. The van der Waals surface area contributed by atoms with Crippen molar-refractivity contribution in [1.82, 2.24) is 0 Å². The Morgan fingerprint density at radius 2 is 0.744 bits per heavy atom. The Labute approximate surface area is 264 Å². The van der Waals surface area contributed by atoms with E-state index in [-0.39, 0.29) is 0 Å². The van der Waals surface area contributed by atoms with Crippen LogP contribution in [-0.4, -0.2) is 53.4 Å².